The molecule has 0 saturated carbocycles. The van der Waals surface area contributed by atoms with Crippen molar-refractivity contribution in [3.05, 3.63) is 41.3 Å². The fraction of sp³-hybridized carbons (Fsp3) is 0.333. The van der Waals surface area contributed by atoms with Crippen LogP contribution < -0.4 is 5.32 Å². The van der Waals surface area contributed by atoms with E-state index in [1.54, 1.807) is 17.1 Å². The van der Waals surface area contributed by atoms with Crippen molar-refractivity contribution >= 4 is 11.6 Å². The number of hydrogen-bond donors (Lipinski definition) is 1. The molecule has 0 aromatic carbocycles. The molecule has 2 aromatic rings. The lowest BCUT2D eigenvalue weighted by atomic mass is 10.2. The Morgan fingerprint density at radius 2 is 2.18 bits per heavy atom. The number of nitrogens with zero attached hydrogens (tertiary/aromatic N) is 3. The first-order valence-electron chi connectivity index (χ1n) is 5.54. The van der Waals surface area contributed by atoms with Gasteiger partial charge in [0, 0.05) is 18.8 Å². The van der Waals surface area contributed by atoms with Crippen LogP contribution in [0.25, 0.3) is 5.82 Å². The number of hydrogen-bond acceptors (Lipinski definition) is 3. The van der Waals surface area contributed by atoms with Crippen LogP contribution in [0.15, 0.2) is 30.7 Å². The van der Waals surface area contributed by atoms with E-state index in [0.29, 0.717) is 11.1 Å². The van der Waals surface area contributed by atoms with Gasteiger partial charge >= 0.3 is 0 Å². The second-order valence-corrected chi connectivity index (χ2v) is 4.60. The molecule has 4 nitrogen and oxygen atoms in total. The molecule has 1 N–H and O–H groups in total. The van der Waals surface area contributed by atoms with Crippen LogP contribution in [0.4, 0.5) is 0 Å². The second-order valence-electron chi connectivity index (χ2n) is 4.16. The normalized spacial score (nSPS) is 11.1. The van der Waals surface area contributed by atoms with Gasteiger partial charge in [0.15, 0.2) is 5.82 Å². The zero-order valence-electron chi connectivity index (χ0n) is 9.89. The lowest BCUT2D eigenvalue weighted by Crippen LogP contribution is -2.21. The quantitative estimate of drug-likeness (QED) is 0.906. The van der Waals surface area contributed by atoms with Crippen molar-refractivity contribution in [1.29, 1.82) is 0 Å². The fourth-order valence-electron chi connectivity index (χ4n) is 1.40. The average molecular weight is 251 g/mol. The number of pyridine rings is 1. The van der Waals surface area contributed by atoms with Gasteiger partial charge in [-0.15, -0.1) is 0 Å². The Morgan fingerprint density at radius 1 is 1.35 bits per heavy atom. The van der Waals surface area contributed by atoms with Crippen LogP contribution in [0.5, 0.6) is 0 Å². The van der Waals surface area contributed by atoms with E-state index >= 15 is 0 Å². The molecule has 2 rings (SSSR count). The van der Waals surface area contributed by atoms with Gasteiger partial charge < -0.3 is 5.32 Å². The smallest absolute Gasteiger partial charge is 0.153 e. The summed E-state index contributed by atoms with van der Waals surface area (Å²) < 4.78 is 1.65. The Bertz CT molecular complexity index is 476. The summed E-state index contributed by atoms with van der Waals surface area (Å²) in [6, 6.07) is 4.44. The third kappa shape index (κ3) is 3.28. The summed E-state index contributed by atoms with van der Waals surface area (Å²) in [6.07, 6.45) is 5.17. The van der Waals surface area contributed by atoms with E-state index in [4.69, 9.17) is 11.6 Å². The van der Waals surface area contributed by atoms with Crippen LogP contribution in [0.1, 0.15) is 19.4 Å². The third-order valence-corrected chi connectivity index (χ3v) is 2.50. The molecule has 0 saturated heterocycles. The molecular weight excluding hydrogens is 236 g/mol. The molecule has 2 aromatic heterocycles. The van der Waals surface area contributed by atoms with Crippen molar-refractivity contribution in [2.75, 3.05) is 0 Å². The Morgan fingerprint density at radius 3 is 2.71 bits per heavy atom. The lowest BCUT2D eigenvalue weighted by molar-refractivity contribution is 0.587. The summed E-state index contributed by atoms with van der Waals surface area (Å²) in [6.45, 7) is 5.06. The molecule has 0 aliphatic rings. The fourth-order valence-corrected chi connectivity index (χ4v) is 1.54. The van der Waals surface area contributed by atoms with Gasteiger partial charge in [-0.05, 0) is 11.6 Å². The van der Waals surface area contributed by atoms with Crippen LogP contribution in [-0.2, 0) is 6.54 Å². The van der Waals surface area contributed by atoms with Gasteiger partial charge in [-0.25, -0.2) is 9.67 Å². The minimum Gasteiger partial charge on any atom is -0.310 e. The van der Waals surface area contributed by atoms with E-state index in [9.17, 15) is 0 Å². The lowest BCUT2D eigenvalue weighted by Gasteiger charge is -2.08. The molecule has 90 valence electrons. The number of aromatic nitrogens is 3. The van der Waals surface area contributed by atoms with Gasteiger partial charge in [-0.3, -0.25) is 0 Å². The molecule has 0 amide bonds. The zero-order chi connectivity index (χ0) is 12.3. The van der Waals surface area contributed by atoms with Gasteiger partial charge in [0.05, 0.1) is 17.4 Å². The Kier molecular flexibility index (Phi) is 3.76. The van der Waals surface area contributed by atoms with Gasteiger partial charge in [0.2, 0.25) is 0 Å². The Labute approximate surface area is 106 Å². The highest BCUT2D eigenvalue weighted by Gasteiger charge is 2.01. The van der Waals surface area contributed by atoms with Crippen LogP contribution >= 0.6 is 11.6 Å². The molecule has 0 fully saturated rings. The summed E-state index contributed by atoms with van der Waals surface area (Å²) in [4.78, 5) is 4.34. The molecule has 0 bridgehead atoms. The topological polar surface area (TPSA) is 42.7 Å². The predicted molar refractivity (Wildman–Crippen MR) is 68.3 cm³/mol. The van der Waals surface area contributed by atoms with Crippen LogP contribution in [-0.4, -0.2) is 20.8 Å². The molecule has 5 heteroatoms. The Hall–Kier alpha value is -1.39. The van der Waals surface area contributed by atoms with E-state index in [1.807, 2.05) is 18.3 Å². The van der Waals surface area contributed by atoms with Crippen molar-refractivity contribution < 1.29 is 0 Å². The van der Waals surface area contributed by atoms with Crippen molar-refractivity contribution in [2.45, 2.75) is 26.4 Å². The SMILES string of the molecule is CC(C)NCc1ccc(-n2cc(Cl)cn2)nc1. The summed E-state index contributed by atoms with van der Waals surface area (Å²) in [5.74, 6) is 0.769. The van der Waals surface area contributed by atoms with E-state index in [0.717, 1.165) is 17.9 Å². The second kappa shape index (κ2) is 5.29. The first-order valence-corrected chi connectivity index (χ1v) is 5.92. The van der Waals surface area contributed by atoms with Gasteiger partial charge in [-0.2, -0.15) is 5.10 Å². The van der Waals surface area contributed by atoms with Gasteiger partial charge in [0.25, 0.3) is 0 Å². The van der Waals surface area contributed by atoms with Crippen LogP contribution in [0.2, 0.25) is 5.02 Å². The van der Waals surface area contributed by atoms with E-state index in [-0.39, 0.29) is 0 Å². The maximum Gasteiger partial charge on any atom is 0.153 e. The largest absolute Gasteiger partial charge is 0.310 e. The van der Waals surface area contributed by atoms with Crippen molar-refractivity contribution in [1.82, 2.24) is 20.1 Å². The van der Waals surface area contributed by atoms with Crippen molar-refractivity contribution in [3.8, 4) is 5.82 Å². The highest BCUT2D eigenvalue weighted by Crippen LogP contribution is 2.10. The first kappa shape index (κ1) is 12.1. The van der Waals surface area contributed by atoms with E-state index < -0.39 is 0 Å². The molecule has 0 spiro atoms. The standard InChI is InChI=1S/C12H15ClN4/c1-9(2)14-5-10-3-4-12(15-6-10)17-8-11(13)7-16-17/h3-4,6-9,14H,5H2,1-2H3. The summed E-state index contributed by atoms with van der Waals surface area (Å²) in [5.41, 5.74) is 1.15. The highest BCUT2D eigenvalue weighted by molar-refractivity contribution is 6.30. The summed E-state index contributed by atoms with van der Waals surface area (Å²) in [5, 5.41) is 8.05. The molecule has 0 aliphatic heterocycles. The minimum atomic E-state index is 0.472. The monoisotopic (exact) mass is 250 g/mol. The zero-order valence-corrected chi connectivity index (χ0v) is 10.6. The third-order valence-electron chi connectivity index (χ3n) is 2.31. The van der Waals surface area contributed by atoms with Gasteiger partial charge in [-0.1, -0.05) is 31.5 Å². The maximum atomic E-state index is 5.81. The minimum absolute atomic E-state index is 0.472. The molecular formula is C12H15ClN4. The summed E-state index contributed by atoms with van der Waals surface area (Å²) >= 11 is 5.81. The summed E-state index contributed by atoms with van der Waals surface area (Å²) in [7, 11) is 0. The molecule has 2 heterocycles. The molecule has 0 radical (unpaired) electrons. The van der Waals surface area contributed by atoms with E-state index in [2.05, 4.69) is 29.2 Å². The molecule has 17 heavy (non-hydrogen) atoms. The average Bonchev–Trinajstić information content (AvgIpc) is 2.74. The van der Waals surface area contributed by atoms with Crippen LogP contribution in [0.3, 0.4) is 0 Å². The molecule has 0 aliphatic carbocycles. The van der Waals surface area contributed by atoms with Crippen molar-refractivity contribution in [3.63, 3.8) is 0 Å². The number of rotatable bonds is 4. The maximum absolute atomic E-state index is 5.81. The highest BCUT2D eigenvalue weighted by atomic mass is 35.5. The Balaban J connectivity index is 2.07. The van der Waals surface area contributed by atoms with Crippen LogP contribution in [0, 0.1) is 0 Å². The number of halogens is 1. The van der Waals surface area contributed by atoms with Crippen molar-refractivity contribution in [2.24, 2.45) is 0 Å². The van der Waals surface area contributed by atoms with Gasteiger partial charge in [0.1, 0.15) is 0 Å². The van der Waals surface area contributed by atoms with E-state index in [1.165, 1.54) is 0 Å². The first-order chi connectivity index (χ1) is 8.15. The number of nitrogens with one attached hydrogen (secondary N) is 1. The molecule has 0 atom stereocenters. The predicted octanol–water partition coefficient (Wildman–Crippen LogP) is 2.42. The molecule has 0 unspecified atom stereocenters.